The quantitative estimate of drug-likeness (QED) is 0.710. The molecule has 5 heteroatoms. The number of aromatic nitrogens is 2. The van der Waals surface area contributed by atoms with Crippen LogP contribution in [-0.4, -0.2) is 22.4 Å². The second-order valence-corrected chi connectivity index (χ2v) is 4.47. The summed E-state index contributed by atoms with van der Waals surface area (Å²) < 4.78 is 0. The summed E-state index contributed by atoms with van der Waals surface area (Å²) in [6, 6.07) is 7.41. The number of nitrogen functional groups attached to an aromatic ring is 1. The van der Waals surface area contributed by atoms with Crippen LogP contribution in [0.5, 0.6) is 0 Å². The zero-order valence-electron chi connectivity index (χ0n) is 10.9. The van der Waals surface area contributed by atoms with E-state index >= 15 is 0 Å². The Labute approximate surface area is 112 Å². The van der Waals surface area contributed by atoms with Crippen LogP contribution in [0.3, 0.4) is 0 Å². The first-order chi connectivity index (χ1) is 9.16. The fourth-order valence-electron chi connectivity index (χ4n) is 1.87. The van der Waals surface area contributed by atoms with E-state index in [4.69, 9.17) is 5.73 Å². The number of rotatable bonds is 5. The third-order valence-corrected chi connectivity index (χ3v) is 3.02. The number of aromatic amines is 1. The Balaban J connectivity index is 1.85. The van der Waals surface area contributed by atoms with E-state index in [1.54, 1.807) is 12.4 Å². The minimum Gasteiger partial charge on any atom is -0.399 e. The Kier molecular flexibility index (Phi) is 4.18. The predicted molar refractivity (Wildman–Crippen MR) is 74.6 cm³/mol. The van der Waals surface area contributed by atoms with Gasteiger partial charge in [0.15, 0.2) is 0 Å². The summed E-state index contributed by atoms with van der Waals surface area (Å²) in [5.41, 5.74) is 7.32. The van der Waals surface area contributed by atoms with Crippen molar-refractivity contribution in [3.63, 3.8) is 0 Å². The van der Waals surface area contributed by atoms with Crippen LogP contribution in [0.25, 0.3) is 0 Å². The molecule has 0 saturated heterocycles. The van der Waals surface area contributed by atoms with Crippen LogP contribution in [-0.2, 0) is 11.2 Å². The molecule has 0 radical (unpaired) electrons. The van der Waals surface area contributed by atoms with Crippen LogP contribution < -0.4 is 11.1 Å². The van der Waals surface area contributed by atoms with Crippen molar-refractivity contribution < 1.29 is 4.79 Å². The molecule has 19 heavy (non-hydrogen) atoms. The smallest absolute Gasteiger partial charge is 0.227 e. The maximum Gasteiger partial charge on any atom is 0.227 e. The van der Waals surface area contributed by atoms with Crippen LogP contribution in [0.4, 0.5) is 5.69 Å². The third kappa shape index (κ3) is 3.58. The van der Waals surface area contributed by atoms with Crippen molar-refractivity contribution in [1.82, 2.24) is 15.3 Å². The first kappa shape index (κ1) is 13.1. The number of nitrogens with one attached hydrogen (secondary N) is 2. The Bertz CT molecular complexity index is 536. The van der Waals surface area contributed by atoms with Crippen molar-refractivity contribution in [2.75, 3.05) is 12.3 Å². The van der Waals surface area contributed by atoms with Gasteiger partial charge in [-0.15, -0.1) is 0 Å². The Hall–Kier alpha value is -2.30. The van der Waals surface area contributed by atoms with Gasteiger partial charge in [0.05, 0.1) is 5.92 Å². The molecule has 1 heterocycles. The average Bonchev–Trinajstić information content (AvgIpc) is 2.91. The largest absolute Gasteiger partial charge is 0.399 e. The summed E-state index contributed by atoms with van der Waals surface area (Å²) in [7, 11) is 0. The summed E-state index contributed by atoms with van der Waals surface area (Å²) in [4.78, 5) is 19.1. The summed E-state index contributed by atoms with van der Waals surface area (Å²) in [6.45, 7) is 2.44. The molecular weight excluding hydrogens is 240 g/mol. The molecule has 0 aliphatic carbocycles. The summed E-state index contributed by atoms with van der Waals surface area (Å²) in [6.07, 6.45) is 4.17. The molecule has 1 unspecified atom stereocenters. The standard InChI is InChI=1S/C14H18N4O/c1-10(11-3-2-4-12(15)9-11)14(19)18-6-5-13-16-7-8-17-13/h2-4,7-10H,5-6,15H2,1H3,(H,16,17)(H,18,19). The molecule has 100 valence electrons. The molecule has 0 bridgehead atoms. The van der Waals surface area contributed by atoms with Gasteiger partial charge in [0.25, 0.3) is 0 Å². The molecule has 0 saturated carbocycles. The zero-order chi connectivity index (χ0) is 13.7. The number of carbonyl (C=O) groups is 1. The van der Waals surface area contributed by atoms with Gasteiger partial charge in [0.2, 0.25) is 5.91 Å². The minimum atomic E-state index is -0.208. The van der Waals surface area contributed by atoms with Crippen LogP contribution >= 0.6 is 0 Å². The summed E-state index contributed by atoms with van der Waals surface area (Å²) >= 11 is 0. The maximum atomic E-state index is 12.0. The molecule has 1 aromatic heterocycles. The number of amides is 1. The first-order valence-electron chi connectivity index (χ1n) is 6.28. The van der Waals surface area contributed by atoms with Gasteiger partial charge in [0.1, 0.15) is 5.82 Å². The van der Waals surface area contributed by atoms with Crippen molar-refractivity contribution in [2.24, 2.45) is 0 Å². The lowest BCUT2D eigenvalue weighted by atomic mass is 10.00. The summed E-state index contributed by atoms with van der Waals surface area (Å²) in [5.74, 6) is 0.661. The second kappa shape index (κ2) is 6.04. The number of H-pyrrole nitrogens is 1. The minimum absolute atomic E-state index is 0.00263. The monoisotopic (exact) mass is 258 g/mol. The number of hydrogen-bond donors (Lipinski definition) is 3. The van der Waals surface area contributed by atoms with E-state index in [9.17, 15) is 4.79 Å². The van der Waals surface area contributed by atoms with Crippen LogP contribution in [0.15, 0.2) is 36.7 Å². The van der Waals surface area contributed by atoms with Crippen molar-refractivity contribution >= 4 is 11.6 Å². The fraction of sp³-hybridized carbons (Fsp3) is 0.286. The van der Waals surface area contributed by atoms with Crippen molar-refractivity contribution in [3.8, 4) is 0 Å². The predicted octanol–water partition coefficient (Wildman–Crippen LogP) is 1.45. The molecule has 0 aliphatic heterocycles. The molecule has 0 fully saturated rings. The van der Waals surface area contributed by atoms with Gasteiger partial charge in [0, 0.05) is 31.0 Å². The topological polar surface area (TPSA) is 83.8 Å². The van der Waals surface area contributed by atoms with E-state index in [1.807, 2.05) is 31.2 Å². The normalized spacial score (nSPS) is 12.1. The number of nitrogens with zero attached hydrogens (tertiary/aromatic N) is 1. The van der Waals surface area contributed by atoms with Gasteiger partial charge >= 0.3 is 0 Å². The van der Waals surface area contributed by atoms with E-state index in [-0.39, 0.29) is 11.8 Å². The highest BCUT2D eigenvalue weighted by Crippen LogP contribution is 2.17. The third-order valence-electron chi connectivity index (χ3n) is 3.02. The lowest BCUT2D eigenvalue weighted by Crippen LogP contribution is -2.30. The number of hydrogen-bond acceptors (Lipinski definition) is 3. The van der Waals surface area contributed by atoms with E-state index in [1.165, 1.54) is 0 Å². The van der Waals surface area contributed by atoms with Crippen LogP contribution in [0.1, 0.15) is 24.2 Å². The molecule has 0 spiro atoms. The summed E-state index contributed by atoms with van der Waals surface area (Å²) in [5, 5.41) is 2.90. The Morgan fingerprint density at radius 3 is 3.05 bits per heavy atom. The van der Waals surface area contributed by atoms with E-state index < -0.39 is 0 Å². The molecular formula is C14H18N4O. The van der Waals surface area contributed by atoms with Gasteiger partial charge < -0.3 is 16.0 Å². The van der Waals surface area contributed by atoms with E-state index in [0.717, 1.165) is 11.4 Å². The molecule has 5 nitrogen and oxygen atoms in total. The molecule has 2 aromatic rings. The highest BCUT2D eigenvalue weighted by atomic mass is 16.1. The molecule has 4 N–H and O–H groups in total. The lowest BCUT2D eigenvalue weighted by Gasteiger charge is -2.12. The number of anilines is 1. The highest BCUT2D eigenvalue weighted by molar-refractivity contribution is 5.83. The molecule has 2 rings (SSSR count). The van der Waals surface area contributed by atoms with E-state index in [0.29, 0.717) is 18.7 Å². The number of nitrogens with two attached hydrogens (primary N) is 1. The van der Waals surface area contributed by atoms with Crippen molar-refractivity contribution in [3.05, 3.63) is 48.0 Å². The Morgan fingerprint density at radius 2 is 2.37 bits per heavy atom. The van der Waals surface area contributed by atoms with Crippen molar-refractivity contribution in [2.45, 2.75) is 19.3 Å². The van der Waals surface area contributed by atoms with Gasteiger partial charge in [-0.25, -0.2) is 4.98 Å². The zero-order valence-corrected chi connectivity index (χ0v) is 10.9. The molecule has 1 amide bonds. The van der Waals surface area contributed by atoms with Crippen LogP contribution in [0, 0.1) is 0 Å². The number of imidazole rings is 1. The fourth-order valence-corrected chi connectivity index (χ4v) is 1.87. The SMILES string of the molecule is CC(C(=O)NCCc1ncc[nH]1)c1cccc(N)c1. The van der Waals surface area contributed by atoms with Gasteiger partial charge in [-0.2, -0.15) is 0 Å². The van der Waals surface area contributed by atoms with Gasteiger partial charge in [-0.05, 0) is 24.6 Å². The maximum absolute atomic E-state index is 12.0. The lowest BCUT2D eigenvalue weighted by molar-refractivity contribution is -0.122. The number of benzene rings is 1. The van der Waals surface area contributed by atoms with E-state index in [2.05, 4.69) is 15.3 Å². The van der Waals surface area contributed by atoms with Crippen molar-refractivity contribution in [1.29, 1.82) is 0 Å². The van der Waals surface area contributed by atoms with Crippen LogP contribution in [0.2, 0.25) is 0 Å². The van der Waals surface area contributed by atoms with Gasteiger partial charge in [-0.3, -0.25) is 4.79 Å². The highest BCUT2D eigenvalue weighted by Gasteiger charge is 2.14. The average molecular weight is 258 g/mol. The molecule has 1 atom stereocenters. The Morgan fingerprint density at radius 1 is 1.53 bits per heavy atom. The van der Waals surface area contributed by atoms with Gasteiger partial charge in [-0.1, -0.05) is 12.1 Å². The molecule has 1 aromatic carbocycles. The molecule has 0 aliphatic rings. The second-order valence-electron chi connectivity index (χ2n) is 4.47. The first-order valence-corrected chi connectivity index (χ1v) is 6.28. The number of carbonyl (C=O) groups excluding carboxylic acids is 1.